The fraction of sp³-hybridized carbons (Fsp3) is 0.400. The zero-order valence-corrected chi connectivity index (χ0v) is 4.32. The number of halogens is 1. The van der Waals surface area contributed by atoms with Crippen LogP contribution in [0.25, 0.3) is 0 Å². The van der Waals surface area contributed by atoms with Crippen LogP contribution in [-0.2, 0) is 0 Å². The maximum absolute atomic E-state index is 11.4. The van der Waals surface area contributed by atoms with E-state index in [1.807, 2.05) is 0 Å². The number of alkyl halides is 1. The summed E-state index contributed by atoms with van der Waals surface area (Å²) in [5.74, 6) is 0. The lowest BCUT2D eigenvalue weighted by atomic mass is 10.6. The Labute approximate surface area is 42.6 Å². The topological polar surface area (TPSA) is 12.4 Å². The van der Waals surface area contributed by atoms with Gasteiger partial charge in [0.15, 0.2) is 0 Å². The molecule has 1 nitrogen and oxygen atoms in total. The SMILES string of the molecule is C=C(CF)/N=C\C. The first-order chi connectivity index (χ1) is 3.31. The van der Waals surface area contributed by atoms with Crippen molar-refractivity contribution in [2.24, 2.45) is 4.99 Å². The zero-order valence-electron chi connectivity index (χ0n) is 4.32. The summed E-state index contributed by atoms with van der Waals surface area (Å²) >= 11 is 0. The summed E-state index contributed by atoms with van der Waals surface area (Å²) in [4.78, 5) is 3.55. The Morgan fingerprint density at radius 2 is 2.57 bits per heavy atom. The van der Waals surface area contributed by atoms with E-state index >= 15 is 0 Å². The highest BCUT2D eigenvalue weighted by Gasteiger charge is 1.79. The first kappa shape index (κ1) is 6.34. The molecule has 0 amide bonds. The molecule has 0 saturated heterocycles. The molecular weight excluding hydrogens is 93.1 g/mol. The van der Waals surface area contributed by atoms with Crippen molar-refractivity contribution in [3.8, 4) is 0 Å². The van der Waals surface area contributed by atoms with Gasteiger partial charge in [-0.25, -0.2) is 4.39 Å². The van der Waals surface area contributed by atoms with Crippen LogP contribution in [0.1, 0.15) is 6.92 Å². The van der Waals surface area contributed by atoms with E-state index in [-0.39, 0.29) is 5.70 Å². The van der Waals surface area contributed by atoms with E-state index < -0.39 is 6.67 Å². The number of hydrogen-bond donors (Lipinski definition) is 0. The molecule has 0 fully saturated rings. The molecule has 40 valence electrons. The number of allylic oxidation sites excluding steroid dienone is 1. The Morgan fingerprint density at radius 1 is 2.00 bits per heavy atom. The molecule has 0 radical (unpaired) electrons. The Kier molecular flexibility index (Phi) is 3.19. The van der Waals surface area contributed by atoms with Crippen molar-refractivity contribution in [1.82, 2.24) is 0 Å². The molecular formula is C5H8FN. The van der Waals surface area contributed by atoms with Crippen molar-refractivity contribution < 1.29 is 4.39 Å². The molecule has 0 heterocycles. The van der Waals surface area contributed by atoms with Crippen LogP contribution in [0.5, 0.6) is 0 Å². The summed E-state index contributed by atoms with van der Waals surface area (Å²) in [6.07, 6.45) is 1.52. The highest BCUT2D eigenvalue weighted by Crippen LogP contribution is 1.88. The average Bonchev–Trinajstić information content (AvgIpc) is 1.68. The predicted molar refractivity (Wildman–Crippen MR) is 29.3 cm³/mol. The second-order valence-electron chi connectivity index (χ2n) is 1.09. The van der Waals surface area contributed by atoms with Gasteiger partial charge in [-0.2, -0.15) is 0 Å². The van der Waals surface area contributed by atoms with Crippen LogP contribution in [0.3, 0.4) is 0 Å². The number of nitrogens with zero attached hydrogens (tertiary/aromatic N) is 1. The van der Waals surface area contributed by atoms with E-state index in [0.29, 0.717) is 0 Å². The lowest BCUT2D eigenvalue weighted by Crippen LogP contribution is -1.75. The zero-order chi connectivity index (χ0) is 5.70. The minimum atomic E-state index is -0.551. The van der Waals surface area contributed by atoms with Crippen LogP contribution in [0.4, 0.5) is 4.39 Å². The molecule has 0 N–H and O–H groups in total. The van der Waals surface area contributed by atoms with Crippen LogP contribution >= 0.6 is 0 Å². The number of aliphatic imine (C=N–C) groups is 1. The second-order valence-corrected chi connectivity index (χ2v) is 1.09. The van der Waals surface area contributed by atoms with Gasteiger partial charge in [0.2, 0.25) is 0 Å². The third-order valence-corrected chi connectivity index (χ3v) is 0.466. The van der Waals surface area contributed by atoms with Gasteiger partial charge in [-0.15, -0.1) is 0 Å². The van der Waals surface area contributed by atoms with Gasteiger partial charge in [0, 0.05) is 6.21 Å². The summed E-state index contributed by atoms with van der Waals surface area (Å²) in [6.45, 7) is 4.46. The summed E-state index contributed by atoms with van der Waals surface area (Å²) in [5, 5.41) is 0. The van der Waals surface area contributed by atoms with Crippen LogP contribution in [0, 0.1) is 0 Å². The van der Waals surface area contributed by atoms with Crippen molar-refractivity contribution >= 4 is 6.21 Å². The Balaban J connectivity index is 3.37. The van der Waals surface area contributed by atoms with E-state index in [0.717, 1.165) is 0 Å². The number of hydrogen-bond acceptors (Lipinski definition) is 1. The molecule has 7 heavy (non-hydrogen) atoms. The molecule has 0 aromatic rings. The lowest BCUT2D eigenvalue weighted by molar-refractivity contribution is 0.542. The molecule has 0 rings (SSSR count). The van der Waals surface area contributed by atoms with Crippen LogP contribution < -0.4 is 0 Å². The van der Waals surface area contributed by atoms with E-state index in [1.165, 1.54) is 6.21 Å². The summed E-state index contributed by atoms with van der Waals surface area (Å²) in [5.41, 5.74) is 0.280. The molecule has 0 aromatic carbocycles. The van der Waals surface area contributed by atoms with Crippen LogP contribution in [0.15, 0.2) is 17.3 Å². The van der Waals surface area contributed by atoms with Crippen LogP contribution in [0.2, 0.25) is 0 Å². The standard InChI is InChI=1S/C5H8FN/c1-3-7-5(2)4-6/h3H,2,4H2,1H3/b7-3-. The smallest absolute Gasteiger partial charge is 0.131 e. The molecule has 0 unspecified atom stereocenters. The van der Waals surface area contributed by atoms with Crippen molar-refractivity contribution in [3.05, 3.63) is 12.3 Å². The van der Waals surface area contributed by atoms with Gasteiger partial charge in [-0.05, 0) is 6.92 Å². The summed E-state index contributed by atoms with van der Waals surface area (Å²) in [6, 6.07) is 0. The number of rotatable bonds is 2. The maximum atomic E-state index is 11.4. The molecule has 2 heteroatoms. The highest BCUT2D eigenvalue weighted by molar-refractivity contribution is 5.55. The van der Waals surface area contributed by atoms with Crippen LogP contribution in [-0.4, -0.2) is 12.9 Å². The van der Waals surface area contributed by atoms with E-state index in [2.05, 4.69) is 11.6 Å². The minimum Gasteiger partial charge on any atom is -0.264 e. The average molecular weight is 101 g/mol. The first-order valence-electron chi connectivity index (χ1n) is 2.03. The Bertz CT molecular complexity index is 86.1. The van der Waals surface area contributed by atoms with Gasteiger partial charge in [0.1, 0.15) is 6.67 Å². The molecule has 0 aliphatic heterocycles. The minimum absolute atomic E-state index is 0.280. The summed E-state index contributed by atoms with van der Waals surface area (Å²) < 4.78 is 11.4. The largest absolute Gasteiger partial charge is 0.264 e. The van der Waals surface area contributed by atoms with Gasteiger partial charge >= 0.3 is 0 Å². The van der Waals surface area contributed by atoms with Gasteiger partial charge in [0.25, 0.3) is 0 Å². The van der Waals surface area contributed by atoms with Gasteiger partial charge in [0.05, 0.1) is 5.70 Å². The highest BCUT2D eigenvalue weighted by atomic mass is 19.1. The molecule has 0 bridgehead atoms. The maximum Gasteiger partial charge on any atom is 0.131 e. The monoisotopic (exact) mass is 101 g/mol. The Hall–Kier alpha value is -0.660. The van der Waals surface area contributed by atoms with Crippen molar-refractivity contribution in [2.45, 2.75) is 6.92 Å². The van der Waals surface area contributed by atoms with Gasteiger partial charge in [-0.1, -0.05) is 6.58 Å². The second kappa shape index (κ2) is 3.53. The first-order valence-corrected chi connectivity index (χ1v) is 2.03. The fourth-order valence-corrected chi connectivity index (χ4v) is 0.217. The normalized spacial score (nSPS) is 10.0. The van der Waals surface area contributed by atoms with Crippen molar-refractivity contribution in [3.63, 3.8) is 0 Å². The molecule has 0 spiro atoms. The van der Waals surface area contributed by atoms with E-state index in [9.17, 15) is 4.39 Å². The van der Waals surface area contributed by atoms with Gasteiger partial charge < -0.3 is 0 Å². The summed E-state index contributed by atoms with van der Waals surface area (Å²) in [7, 11) is 0. The third kappa shape index (κ3) is 3.16. The van der Waals surface area contributed by atoms with Crippen molar-refractivity contribution in [1.29, 1.82) is 0 Å². The Morgan fingerprint density at radius 3 is 2.71 bits per heavy atom. The molecule has 0 atom stereocenters. The lowest BCUT2D eigenvalue weighted by Gasteiger charge is -1.83. The molecule has 0 aromatic heterocycles. The molecule has 0 aliphatic rings. The third-order valence-electron chi connectivity index (χ3n) is 0.466. The quantitative estimate of drug-likeness (QED) is 0.468. The fourth-order valence-electron chi connectivity index (χ4n) is 0.217. The van der Waals surface area contributed by atoms with Gasteiger partial charge in [-0.3, -0.25) is 4.99 Å². The van der Waals surface area contributed by atoms with E-state index in [1.54, 1.807) is 6.92 Å². The molecule has 0 aliphatic carbocycles. The predicted octanol–water partition coefficient (Wildman–Crippen LogP) is 1.56. The molecule has 0 saturated carbocycles. The van der Waals surface area contributed by atoms with E-state index in [4.69, 9.17) is 0 Å². The van der Waals surface area contributed by atoms with Crippen molar-refractivity contribution in [2.75, 3.05) is 6.67 Å².